The van der Waals surface area contributed by atoms with Crippen molar-refractivity contribution >= 4 is 27.3 Å². The van der Waals surface area contributed by atoms with Crippen LogP contribution in [0.15, 0.2) is 57.3 Å². The van der Waals surface area contributed by atoms with Gasteiger partial charge in [-0.25, -0.2) is 8.42 Å². The molecule has 37 heavy (non-hydrogen) atoms. The van der Waals surface area contributed by atoms with Gasteiger partial charge in [0.05, 0.1) is 4.88 Å². The second-order valence-electron chi connectivity index (χ2n) is 9.47. The van der Waals surface area contributed by atoms with E-state index in [1.54, 1.807) is 12.1 Å². The molecule has 13 heteroatoms. The third-order valence-electron chi connectivity index (χ3n) is 7.09. The number of nitrogens with one attached hydrogen (secondary N) is 1. The number of halogens is 3. The first-order chi connectivity index (χ1) is 17.5. The monoisotopic (exact) mass is 555 g/mol. The summed E-state index contributed by atoms with van der Waals surface area (Å²) in [6, 6.07) is 12.3. The van der Waals surface area contributed by atoms with Gasteiger partial charge in [-0.05, 0) is 50.0 Å². The SMILES string of the molecule is O=C(O)C1(NS(=O)(=O)c2ccc(-c3cc(C(F)(F)F)on3)s2)CC1(CN1CCCCC1)c1ccccc1. The average Bonchev–Trinajstić information content (AvgIpc) is 3.25. The molecule has 0 radical (unpaired) electrons. The molecule has 0 spiro atoms. The van der Waals surface area contributed by atoms with Crippen LogP contribution in [0.5, 0.6) is 0 Å². The molecule has 2 aliphatic rings. The highest BCUT2D eigenvalue weighted by Crippen LogP contribution is 2.59. The van der Waals surface area contributed by atoms with Gasteiger partial charge >= 0.3 is 12.1 Å². The molecule has 1 aromatic carbocycles. The lowest BCUT2D eigenvalue weighted by atomic mass is 9.89. The molecule has 198 valence electrons. The molecule has 3 aromatic rings. The standard InChI is InChI=1S/C24H24F3N3O5S2/c25-24(26,27)19-13-17(28-35-19)18-9-10-20(36-18)37(33,34)29-23(21(31)32)14-22(23,16-7-3-1-4-8-16)15-30-11-5-2-6-12-30/h1,3-4,7-10,13,29H,2,5-6,11-12,14-15H2,(H,31,32). The van der Waals surface area contributed by atoms with E-state index in [9.17, 15) is 31.5 Å². The zero-order chi connectivity index (χ0) is 26.5. The van der Waals surface area contributed by atoms with Crippen molar-refractivity contribution in [3.05, 3.63) is 59.9 Å². The molecular formula is C24H24F3N3O5S2. The zero-order valence-electron chi connectivity index (χ0n) is 19.5. The Morgan fingerprint density at radius 1 is 1.14 bits per heavy atom. The molecule has 5 rings (SSSR count). The number of thiophene rings is 1. The number of aromatic nitrogens is 1. The molecule has 3 heterocycles. The molecule has 1 saturated heterocycles. The van der Waals surface area contributed by atoms with E-state index in [2.05, 4.69) is 19.3 Å². The molecule has 2 N–H and O–H groups in total. The van der Waals surface area contributed by atoms with Crippen LogP contribution < -0.4 is 4.72 Å². The van der Waals surface area contributed by atoms with Gasteiger partial charge in [-0.15, -0.1) is 11.3 Å². The number of nitrogens with zero attached hydrogens (tertiary/aromatic N) is 2. The largest absolute Gasteiger partial charge is 0.480 e. The Kier molecular flexibility index (Phi) is 6.45. The van der Waals surface area contributed by atoms with Crippen molar-refractivity contribution in [1.82, 2.24) is 14.8 Å². The minimum absolute atomic E-state index is 0.0749. The highest BCUT2D eigenvalue weighted by molar-refractivity contribution is 7.91. The van der Waals surface area contributed by atoms with Crippen LogP contribution in [0, 0.1) is 0 Å². The fourth-order valence-electron chi connectivity index (χ4n) is 5.16. The van der Waals surface area contributed by atoms with Gasteiger partial charge < -0.3 is 14.5 Å². The summed E-state index contributed by atoms with van der Waals surface area (Å²) in [5.41, 5.74) is -2.17. The second-order valence-corrected chi connectivity index (χ2v) is 12.5. The van der Waals surface area contributed by atoms with E-state index in [0.717, 1.165) is 37.9 Å². The van der Waals surface area contributed by atoms with Gasteiger partial charge in [0, 0.05) is 18.0 Å². The number of rotatable bonds is 8. The van der Waals surface area contributed by atoms with E-state index < -0.39 is 38.9 Å². The highest BCUT2D eigenvalue weighted by Gasteiger charge is 2.75. The first-order valence-electron chi connectivity index (χ1n) is 11.7. The van der Waals surface area contributed by atoms with E-state index in [1.165, 1.54) is 12.1 Å². The Morgan fingerprint density at radius 2 is 1.84 bits per heavy atom. The van der Waals surface area contributed by atoms with Crippen LogP contribution in [0.25, 0.3) is 10.6 Å². The molecule has 1 aliphatic heterocycles. The zero-order valence-corrected chi connectivity index (χ0v) is 21.1. The van der Waals surface area contributed by atoms with Gasteiger partial charge in [-0.1, -0.05) is 41.9 Å². The number of aliphatic carboxylic acids is 1. The Morgan fingerprint density at radius 3 is 2.46 bits per heavy atom. The maximum absolute atomic E-state index is 13.4. The highest BCUT2D eigenvalue weighted by atomic mass is 32.2. The Bertz CT molecular complexity index is 1400. The molecule has 2 unspecified atom stereocenters. The van der Waals surface area contributed by atoms with Crippen LogP contribution in [-0.2, 0) is 26.4 Å². The molecule has 2 aromatic heterocycles. The van der Waals surface area contributed by atoms with Crippen molar-refractivity contribution in [2.24, 2.45) is 0 Å². The van der Waals surface area contributed by atoms with E-state index in [4.69, 9.17) is 0 Å². The molecule has 8 nitrogen and oxygen atoms in total. The number of carbonyl (C=O) groups is 1. The number of carboxylic acids is 1. The second kappa shape index (κ2) is 9.22. The molecular weight excluding hydrogens is 531 g/mol. The minimum Gasteiger partial charge on any atom is -0.480 e. The topological polar surface area (TPSA) is 113 Å². The lowest BCUT2D eigenvalue weighted by Crippen LogP contribution is -2.52. The van der Waals surface area contributed by atoms with Crippen LogP contribution >= 0.6 is 11.3 Å². The number of hydrogen-bond acceptors (Lipinski definition) is 7. The van der Waals surface area contributed by atoms with E-state index in [-0.39, 0.29) is 21.2 Å². The van der Waals surface area contributed by atoms with E-state index >= 15 is 0 Å². The van der Waals surface area contributed by atoms with Crippen molar-refractivity contribution in [1.29, 1.82) is 0 Å². The molecule has 0 bridgehead atoms. The van der Waals surface area contributed by atoms with Crippen LogP contribution in [-0.4, -0.2) is 54.7 Å². The van der Waals surface area contributed by atoms with E-state index in [0.29, 0.717) is 23.9 Å². The summed E-state index contributed by atoms with van der Waals surface area (Å²) < 4.78 is 72.0. The predicted molar refractivity (Wildman–Crippen MR) is 129 cm³/mol. The normalized spacial score (nSPS) is 24.7. The Hall–Kier alpha value is -2.74. The average molecular weight is 556 g/mol. The summed E-state index contributed by atoms with van der Waals surface area (Å²) in [6.07, 6.45) is -1.57. The van der Waals surface area contributed by atoms with Crippen molar-refractivity contribution in [3.8, 4) is 10.6 Å². The number of likely N-dealkylation sites (tertiary alicyclic amines) is 1. The number of alkyl halides is 3. The van der Waals surface area contributed by atoms with Crippen LogP contribution in [0.3, 0.4) is 0 Å². The van der Waals surface area contributed by atoms with Gasteiger partial charge in [-0.2, -0.15) is 17.9 Å². The van der Waals surface area contributed by atoms with Gasteiger partial charge in [-0.3, -0.25) is 4.79 Å². The first-order valence-corrected chi connectivity index (χ1v) is 14.0. The fourth-order valence-corrected chi connectivity index (χ4v) is 7.84. The van der Waals surface area contributed by atoms with Crippen molar-refractivity contribution < 1.29 is 36.0 Å². The number of benzene rings is 1. The summed E-state index contributed by atoms with van der Waals surface area (Å²) in [5, 5.41) is 13.7. The summed E-state index contributed by atoms with van der Waals surface area (Å²) in [4.78, 5) is 15.0. The molecule has 1 saturated carbocycles. The summed E-state index contributed by atoms with van der Waals surface area (Å²) in [7, 11) is -4.34. The fraction of sp³-hybridized carbons (Fsp3) is 0.417. The number of piperidine rings is 1. The summed E-state index contributed by atoms with van der Waals surface area (Å²) in [6.45, 7) is 2.01. The first kappa shape index (κ1) is 25.9. The van der Waals surface area contributed by atoms with Crippen molar-refractivity contribution in [2.45, 2.75) is 47.0 Å². The molecule has 2 fully saturated rings. The van der Waals surface area contributed by atoms with Crippen LogP contribution in [0.4, 0.5) is 13.2 Å². The summed E-state index contributed by atoms with van der Waals surface area (Å²) in [5.74, 6) is -2.58. The van der Waals surface area contributed by atoms with Gasteiger partial charge in [0.2, 0.25) is 5.76 Å². The van der Waals surface area contributed by atoms with Gasteiger partial charge in [0.25, 0.3) is 10.0 Å². The van der Waals surface area contributed by atoms with Crippen molar-refractivity contribution in [3.63, 3.8) is 0 Å². The molecule has 1 aliphatic carbocycles. The van der Waals surface area contributed by atoms with Crippen LogP contribution in [0.2, 0.25) is 0 Å². The summed E-state index contributed by atoms with van der Waals surface area (Å²) >= 11 is 0.685. The molecule has 2 atom stereocenters. The maximum Gasteiger partial charge on any atom is 0.452 e. The molecule has 0 amide bonds. The number of carboxylic acid groups (broad SMARTS) is 1. The smallest absolute Gasteiger partial charge is 0.452 e. The van der Waals surface area contributed by atoms with E-state index in [1.807, 2.05) is 18.2 Å². The third kappa shape index (κ3) is 4.69. The Balaban J connectivity index is 1.46. The van der Waals surface area contributed by atoms with Gasteiger partial charge in [0.15, 0.2) is 0 Å². The predicted octanol–water partition coefficient (Wildman–Crippen LogP) is 4.35. The van der Waals surface area contributed by atoms with Gasteiger partial charge in [0.1, 0.15) is 15.4 Å². The Labute approximate surface area is 215 Å². The minimum atomic E-state index is -4.73. The quantitative estimate of drug-likeness (QED) is 0.425. The maximum atomic E-state index is 13.4. The lowest BCUT2D eigenvalue weighted by molar-refractivity contribution is -0.155. The number of sulfonamides is 1. The van der Waals surface area contributed by atoms with Crippen LogP contribution in [0.1, 0.15) is 37.0 Å². The van der Waals surface area contributed by atoms with Crippen molar-refractivity contribution in [2.75, 3.05) is 19.6 Å². The number of hydrogen-bond donors (Lipinski definition) is 2. The third-order valence-corrected chi connectivity index (χ3v) is 10.2. The lowest BCUT2D eigenvalue weighted by Gasteiger charge is -2.33.